The Morgan fingerprint density at radius 1 is 0.900 bits per heavy atom. The molecule has 0 saturated heterocycles. The smallest absolute Gasteiger partial charge is 0.181 e. The van der Waals surface area contributed by atoms with Gasteiger partial charge in [-0.15, -0.1) is 0 Å². The average molecular weight is 281 g/mol. The largest absolute Gasteiger partial charge is 0.381 e. The van der Waals surface area contributed by atoms with Crippen LogP contribution in [0.15, 0.2) is 0 Å². The van der Waals surface area contributed by atoms with Crippen LogP contribution in [0.2, 0.25) is 0 Å². The Morgan fingerprint density at radius 2 is 1.50 bits per heavy atom. The van der Waals surface area contributed by atoms with Crippen molar-refractivity contribution in [3.05, 3.63) is 28.6 Å². The van der Waals surface area contributed by atoms with Crippen LogP contribution in [0.4, 0.5) is 18.9 Å². The summed E-state index contributed by atoms with van der Waals surface area (Å²) in [6, 6.07) is 2.69. The summed E-state index contributed by atoms with van der Waals surface area (Å²) in [7, 11) is 0. The van der Waals surface area contributed by atoms with Crippen LogP contribution in [-0.4, -0.2) is 6.54 Å². The predicted molar refractivity (Wildman–Crippen MR) is 68.4 cm³/mol. The van der Waals surface area contributed by atoms with Gasteiger partial charge >= 0.3 is 0 Å². The first kappa shape index (κ1) is 15.8. The number of unbranched alkanes of at least 4 members (excludes halogenated alkanes) is 3. The van der Waals surface area contributed by atoms with E-state index in [1.807, 2.05) is 6.92 Å². The number of halogens is 3. The first-order valence-corrected chi connectivity index (χ1v) is 6.32. The zero-order valence-corrected chi connectivity index (χ0v) is 11.1. The van der Waals surface area contributed by atoms with Gasteiger partial charge in [0.25, 0.3) is 0 Å². The van der Waals surface area contributed by atoms with Crippen molar-refractivity contribution in [1.29, 1.82) is 10.5 Å². The maximum atomic E-state index is 13.9. The number of hydrogen-bond acceptors (Lipinski definition) is 3. The molecular weight excluding hydrogens is 267 g/mol. The van der Waals surface area contributed by atoms with Gasteiger partial charge in [-0.05, 0) is 6.42 Å². The Labute approximate surface area is 115 Å². The van der Waals surface area contributed by atoms with Crippen LogP contribution in [0.3, 0.4) is 0 Å². The van der Waals surface area contributed by atoms with Crippen LogP contribution in [0.25, 0.3) is 0 Å². The molecule has 1 aromatic carbocycles. The molecule has 3 nitrogen and oxygen atoms in total. The van der Waals surface area contributed by atoms with Crippen molar-refractivity contribution >= 4 is 5.69 Å². The molecule has 0 spiro atoms. The summed E-state index contributed by atoms with van der Waals surface area (Å²) in [6.45, 7) is 2.36. The molecule has 20 heavy (non-hydrogen) atoms. The lowest BCUT2D eigenvalue weighted by atomic mass is 10.1. The first-order valence-electron chi connectivity index (χ1n) is 6.32. The monoisotopic (exact) mass is 281 g/mol. The normalized spacial score (nSPS) is 9.90. The SMILES string of the molecule is CCCCCCNc1c(F)c(C#N)c(F)c(F)c1C#N. The van der Waals surface area contributed by atoms with Gasteiger partial charge in [-0.1, -0.05) is 26.2 Å². The number of nitriles is 2. The van der Waals surface area contributed by atoms with Crippen molar-refractivity contribution in [2.45, 2.75) is 32.6 Å². The molecule has 0 heterocycles. The van der Waals surface area contributed by atoms with Crippen molar-refractivity contribution in [2.75, 3.05) is 11.9 Å². The second-order valence-corrected chi connectivity index (χ2v) is 4.28. The maximum absolute atomic E-state index is 13.9. The average Bonchev–Trinajstić information content (AvgIpc) is 2.44. The minimum absolute atomic E-state index is 0.321. The van der Waals surface area contributed by atoms with E-state index in [1.165, 1.54) is 12.1 Å². The number of nitrogens with one attached hydrogen (secondary N) is 1. The first-order chi connectivity index (χ1) is 9.58. The van der Waals surface area contributed by atoms with Crippen LogP contribution >= 0.6 is 0 Å². The predicted octanol–water partition coefficient (Wildman–Crippen LogP) is 3.84. The van der Waals surface area contributed by atoms with Crippen molar-refractivity contribution in [3.63, 3.8) is 0 Å². The number of hydrogen-bond donors (Lipinski definition) is 1. The van der Waals surface area contributed by atoms with Gasteiger partial charge in [0.15, 0.2) is 17.5 Å². The highest BCUT2D eigenvalue weighted by molar-refractivity contribution is 5.63. The van der Waals surface area contributed by atoms with Gasteiger partial charge in [0.05, 0.1) is 5.69 Å². The number of nitrogens with zero attached hydrogens (tertiary/aromatic N) is 2. The molecule has 0 unspecified atom stereocenters. The molecule has 0 aliphatic rings. The summed E-state index contributed by atoms with van der Waals surface area (Å²) in [5.41, 5.74) is -2.20. The maximum Gasteiger partial charge on any atom is 0.181 e. The molecule has 0 bridgehead atoms. The Balaban J connectivity index is 3.03. The van der Waals surface area contributed by atoms with Gasteiger partial charge in [0, 0.05) is 6.54 Å². The van der Waals surface area contributed by atoms with E-state index in [0.717, 1.165) is 19.3 Å². The highest BCUT2D eigenvalue weighted by Crippen LogP contribution is 2.28. The van der Waals surface area contributed by atoms with Gasteiger partial charge in [0.2, 0.25) is 0 Å². The fourth-order valence-corrected chi connectivity index (χ4v) is 1.79. The molecule has 1 N–H and O–H groups in total. The lowest BCUT2D eigenvalue weighted by Crippen LogP contribution is -2.10. The summed E-state index contributed by atoms with van der Waals surface area (Å²) in [4.78, 5) is 0. The highest BCUT2D eigenvalue weighted by Gasteiger charge is 2.24. The van der Waals surface area contributed by atoms with E-state index >= 15 is 0 Å². The van der Waals surface area contributed by atoms with E-state index in [-0.39, 0.29) is 0 Å². The summed E-state index contributed by atoms with van der Waals surface area (Å²) < 4.78 is 40.8. The fourth-order valence-electron chi connectivity index (χ4n) is 1.79. The van der Waals surface area contributed by atoms with E-state index in [0.29, 0.717) is 13.0 Å². The Morgan fingerprint density at radius 3 is 2.05 bits per heavy atom. The van der Waals surface area contributed by atoms with Crippen LogP contribution < -0.4 is 5.32 Å². The van der Waals surface area contributed by atoms with Crippen molar-refractivity contribution in [3.8, 4) is 12.1 Å². The molecule has 0 fully saturated rings. The van der Waals surface area contributed by atoms with Crippen LogP contribution in [0.5, 0.6) is 0 Å². The fraction of sp³-hybridized carbons (Fsp3) is 0.429. The lowest BCUT2D eigenvalue weighted by Gasteiger charge is -2.11. The van der Waals surface area contributed by atoms with E-state index in [9.17, 15) is 13.2 Å². The summed E-state index contributed by atoms with van der Waals surface area (Å²) >= 11 is 0. The molecule has 0 aliphatic carbocycles. The molecule has 1 aromatic rings. The van der Waals surface area contributed by atoms with Crippen LogP contribution in [-0.2, 0) is 0 Å². The van der Waals surface area contributed by atoms with Crippen LogP contribution in [0, 0.1) is 40.1 Å². The lowest BCUT2D eigenvalue weighted by molar-refractivity contribution is 0.490. The molecule has 0 aliphatic heterocycles. The second-order valence-electron chi connectivity index (χ2n) is 4.28. The number of rotatable bonds is 6. The molecule has 0 aromatic heterocycles. The van der Waals surface area contributed by atoms with Crippen molar-refractivity contribution < 1.29 is 13.2 Å². The molecule has 0 amide bonds. The molecule has 0 atom stereocenters. The molecule has 1 rings (SSSR count). The van der Waals surface area contributed by atoms with Gasteiger partial charge in [-0.2, -0.15) is 10.5 Å². The van der Waals surface area contributed by atoms with E-state index in [2.05, 4.69) is 5.32 Å². The van der Waals surface area contributed by atoms with Crippen molar-refractivity contribution in [1.82, 2.24) is 0 Å². The van der Waals surface area contributed by atoms with Crippen LogP contribution in [0.1, 0.15) is 43.7 Å². The third kappa shape index (κ3) is 3.21. The zero-order chi connectivity index (χ0) is 15.1. The molecule has 106 valence electrons. The Bertz CT molecular complexity index is 571. The molecule has 0 saturated carbocycles. The summed E-state index contributed by atoms with van der Waals surface area (Å²) in [6.07, 6.45) is 3.65. The van der Waals surface area contributed by atoms with Gasteiger partial charge < -0.3 is 5.32 Å². The van der Waals surface area contributed by atoms with E-state index in [4.69, 9.17) is 10.5 Å². The summed E-state index contributed by atoms with van der Waals surface area (Å²) in [5, 5.41) is 20.0. The van der Waals surface area contributed by atoms with Gasteiger partial charge in [-0.25, -0.2) is 13.2 Å². The topological polar surface area (TPSA) is 59.6 Å². The molecular formula is C14H14F3N3. The minimum Gasteiger partial charge on any atom is -0.381 e. The van der Waals surface area contributed by atoms with Gasteiger partial charge in [0.1, 0.15) is 23.3 Å². The second kappa shape index (κ2) is 7.40. The van der Waals surface area contributed by atoms with Crippen molar-refractivity contribution in [2.24, 2.45) is 0 Å². The quantitative estimate of drug-likeness (QED) is 0.636. The van der Waals surface area contributed by atoms with E-state index < -0.39 is 34.3 Å². The summed E-state index contributed by atoms with van der Waals surface area (Å²) in [5.74, 6) is -4.35. The number of benzene rings is 1. The van der Waals surface area contributed by atoms with E-state index in [1.54, 1.807) is 0 Å². The number of anilines is 1. The molecule has 6 heteroatoms. The molecule has 0 radical (unpaired) electrons. The minimum atomic E-state index is -1.63. The highest BCUT2D eigenvalue weighted by atomic mass is 19.2. The zero-order valence-electron chi connectivity index (χ0n) is 11.1. The Kier molecular flexibility index (Phi) is 5.86. The Hall–Kier alpha value is -2.21. The van der Waals surface area contributed by atoms with Gasteiger partial charge in [-0.3, -0.25) is 0 Å². The third-order valence-electron chi connectivity index (χ3n) is 2.88. The standard InChI is InChI=1S/C14H14F3N3/c1-2-3-4-5-6-20-14-10(8-19)12(16)11(15)9(7-18)13(14)17/h20H,2-6H2,1H3. The third-order valence-corrected chi connectivity index (χ3v) is 2.88.